The van der Waals surface area contributed by atoms with E-state index in [4.69, 9.17) is 5.73 Å². The smallest absolute Gasteiger partial charge is 0.326 e. The van der Waals surface area contributed by atoms with Gasteiger partial charge >= 0.3 is 6.18 Å². The van der Waals surface area contributed by atoms with E-state index in [0.717, 1.165) is 12.8 Å². The first-order valence-corrected chi connectivity index (χ1v) is 7.79. The molecule has 25 heavy (non-hydrogen) atoms. The predicted molar refractivity (Wildman–Crippen MR) is 86.2 cm³/mol. The maximum Gasteiger partial charge on any atom is 0.407 e. The molecule has 0 unspecified atom stereocenters. The van der Waals surface area contributed by atoms with E-state index < -0.39 is 18.0 Å². The van der Waals surface area contributed by atoms with E-state index in [2.05, 4.69) is 5.32 Å². The van der Waals surface area contributed by atoms with Crippen molar-refractivity contribution < 1.29 is 22.4 Å². The van der Waals surface area contributed by atoms with Crippen LogP contribution in [0.3, 0.4) is 0 Å². The van der Waals surface area contributed by atoms with Gasteiger partial charge in [0.15, 0.2) is 0 Å². The van der Waals surface area contributed by atoms with Crippen LogP contribution in [0.15, 0.2) is 42.5 Å². The topological polar surface area (TPSA) is 55.1 Å². The molecule has 7 heteroatoms. The normalized spacial score (nSPS) is 15.7. The number of amides is 1. The molecule has 0 aliphatic heterocycles. The molecular formula is C18H16F4N2O. The van der Waals surface area contributed by atoms with Gasteiger partial charge in [-0.3, -0.25) is 4.79 Å². The zero-order chi connectivity index (χ0) is 18.2. The third kappa shape index (κ3) is 3.99. The number of benzene rings is 2. The molecule has 3 N–H and O–H groups in total. The monoisotopic (exact) mass is 352 g/mol. The number of hydrogen-bond acceptors (Lipinski definition) is 2. The zero-order valence-corrected chi connectivity index (χ0v) is 13.1. The van der Waals surface area contributed by atoms with Gasteiger partial charge in [-0.2, -0.15) is 13.2 Å². The summed E-state index contributed by atoms with van der Waals surface area (Å²) in [5.74, 6) is -0.688. The third-order valence-electron chi connectivity index (χ3n) is 4.12. The Balaban J connectivity index is 1.78. The molecule has 3 nitrogen and oxygen atoms in total. The fourth-order valence-electron chi connectivity index (χ4n) is 2.48. The average molecular weight is 352 g/mol. The molecule has 1 aliphatic carbocycles. The molecule has 0 bridgehead atoms. The van der Waals surface area contributed by atoms with Gasteiger partial charge < -0.3 is 11.1 Å². The summed E-state index contributed by atoms with van der Waals surface area (Å²) < 4.78 is 52.1. The van der Waals surface area contributed by atoms with Crippen molar-refractivity contribution in [3.05, 3.63) is 53.8 Å². The van der Waals surface area contributed by atoms with Crippen LogP contribution in [0, 0.1) is 11.7 Å². The van der Waals surface area contributed by atoms with Gasteiger partial charge in [0.25, 0.3) is 0 Å². The highest BCUT2D eigenvalue weighted by Crippen LogP contribution is 2.33. The lowest BCUT2D eigenvalue weighted by Crippen LogP contribution is -2.28. The standard InChI is InChI=1S/C18H16F4N2O/c19-15-9-13(24-17(25)12-5-6-12)7-8-14(15)10-1-3-11(4-2-10)16(23)18(20,21)22/h1-4,7-9,12,16H,5-6,23H2,(H,24,25)/t16-/m0/s1. The maximum absolute atomic E-state index is 14.3. The Morgan fingerprint density at radius 2 is 1.76 bits per heavy atom. The molecule has 2 aromatic carbocycles. The number of hydrogen-bond donors (Lipinski definition) is 2. The van der Waals surface area contributed by atoms with Crippen LogP contribution in [0.1, 0.15) is 24.4 Å². The molecule has 0 aromatic heterocycles. The van der Waals surface area contributed by atoms with Crippen molar-refractivity contribution in [3.63, 3.8) is 0 Å². The summed E-state index contributed by atoms with van der Waals surface area (Å²) in [7, 11) is 0. The van der Waals surface area contributed by atoms with E-state index >= 15 is 0 Å². The molecule has 1 amide bonds. The summed E-state index contributed by atoms with van der Waals surface area (Å²) in [6.07, 6.45) is -2.84. The van der Waals surface area contributed by atoms with E-state index in [9.17, 15) is 22.4 Å². The van der Waals surface area contributed by atoms with Crippen LogP contribution >= 0.6 is 0 Å². The minimum absolute atomic E-state index is 0.00752. The van der Waals surface area contributed by atoms with Gasteiger partial charge in [-0.25, -0.2) is 4.39 Å². The highest BCUT2D eigenvalue weighted by Gasteiger charge is 2.37. The number of halogens is 4. The van der Waals surface area contributed by atoms with Crippen LogP contribution in [-0.2, 0) is 4.79 Å². The first kappa shape index (κ1) is 17.4. The van der Waals surface area contributed by atoms with E-state index in [1.54, 1.807) is 6.07 Å². The Hall–Kier alpha value is -2.41. The Bertz CT molecular complexity index is 783. The molecule has 1 aliphatic rings. The van der Waals surface area contributed by atoms with Gasteiger partial charge in [-0.05, 0) is 42.2 Å². The summed E-state index contributed by atoms with van der Waals surface area (Å²) in [5, 5.41) is 2.64. The van der Waals surface area contributed by atoms with E-state index in [1.807, 2.05) is 0 Å². The highest BCUT2D eigenvalue weighted by atomic mass is 19.4. The Kier molecular flexibility index (Phi) is 4.51. The minimum Gasteiger partial charge on any atom is -0.326 e. The second-order valence-electron chi connectivity index (χ2n) is 6.10. The van der Waals surface area contributed by atoms with Gasteiger partial charge in [-0.15, -0.1) is 0 Å². The van der Waals surface area contributed by atoms with Crippen molar-refractivity contribution in [2.45, 2.75) is 25.1 Å². The van der Waals surface area contributed by atoms with Gasteiger partial charge in [0.05, 0.1) is 0 Å². The minimum atomic E-state index is -4.53. The van der Waals surface area contributed by atoms with E-state index in [-0.39, 0.29) is 23.0 Å². The van der Waals surface area contributed by atoms with E-state index in [1.165, 1.54) is 36.4 Å². The first-order chi connectivity index (χ1) is 11.8. The fraction of sp³-hybridized carbons (Fsp3) is 0.278. The molecule has 1 saturated carbocycles. The summed E-state index contributed by atoms with van der Waals surface area (Å²) in [4.78, 5) is 11.7. The number of carbonyl (C=O) groups excluding carboxylic acids is 1. The van der Waals surface area contributed by atoms with Gasteiger partial charge in [0.1, 0.15) is 11.9 Å². The Morgan fingerprint density at radius 3 is 2.28 bits per heavy atom. The van der Waals surface area contributed by atoms with Gasteiger partial charge in [0.2, 0.25) is 5.91 Å². The average Bonchev–Trinajstić information content (AvgIpc) is 3.39. The third-order valence-corrected chi connectivity index (χ3v) is 4.12. The van der Waals surface area contributed by atoms with Crippen LogP contribution in [0.25, 0.3) is 11.1 Å². The lowest BCUT2D eigenvalue weighted by atomic mass is 10.00. The van der Waals surface area contributed by atoms with Crippen molar-refractivity contribution in [2.75, 3.05) is 5.32 Å². The summed E-state index contributed by atoms with van der Waals surface area (Å²) in [5.41, 5.74) is 6.07. The molecule has 1 fully saturated rings. The fourth-order valence-corrected chi connectivity index (χ4v) is 2.48. The van der Waals surface area contributed by atoms with Crippen molar-refractivity contribution >= 4 is 11.6 Å². The molecule has 0 spiro atoms. The lowest BCUT2D eigenvalue weighted by molar-refractivity contribution is -0.149. The Labute approximate surface area is 141 Å². The highest BCUT2D eigenvalue weighted by molar-refractivity contribution is 5.94. The number of carbonyl (C=O) groups is 1. The number of anilines is 1. The second kappa shape index (κ2) is 6.48. The van der Waals surface area contributed by atoms with E-state index in [0.29, 0.717) is 11.3 Å². The van der Waals surface area contributed by atoms with Crippen LogP contribution in [-0.4, -0.2) is 12.1 Å². The largest absolute Gasteiger partial charge is 0.407 e. The van der Waals surface area contributed by atoms with Crippen molar-refractivity contribution in [1.29, 1.82) is 0 Å². The number of rotatable bonds is 4. The predicted octanol–water partition coefficient (Wildman–Crippen LogP) is 4.40. The van der Waals surface area contributed by atoms with Crippen molar-refractivity contribution in [2.24, 2.45) is 11.7 Å². The van der Waals surface area contributed by atoms with Crippen LogP contribution < -0.4 is 11.1 Å². The number of alkyl halides is 3. The summed E-state index contributed by atoms with van der Waals surface area (Å²) in [6, 6.07) is 7.41. The Morgan fingerprint density at radius 1 is 1.12 bits per heavy atom. The van der Waals surface area contributed by atoms with Crippen LogP contribution in [0.4, 0.5) is 23.2 Å². The molecule has 0 saturated heterocycles. The second-order valence-corrected chi connectivity index (χ2v) is 6.10. The summed E-state index contributed by atoms with van der Waals surface area (Å²) in [6.45, 7) is 0. The molecule has 2 aromatic rings. The summed E-state index contributed by atoms with van der Waals surface area (Å²) >= 11 is 0. The molecular weight excluding hydrogens is 336 g/mol. The zero-order valence-electron chi connectivity index (χ0n) is 13.1. The van der Waals surface area contributed by atoms with Crippen molar-refractivity contribution in [3.8, 4) is 11.1 Å². The molecule has 0 radical (unpaired) electrons. The van der Waals surface area contributed by atoms with Gasteiger partial charge in [-0.1, -0.05) is 24.3 Å². The molecule has 0 heterocycles. The lowest BCUT2D eigenvalue weighted by Gasteiger charge is -2.16. The van der Waals surface area contributed by atoms with Gasteiger partial charge in [0, 0.05) is 17.2 Å². The molecule has 132 valence electrons. The van der Waals surface area contributed by atoms with Crippen molar-refractivity contribution in [1.82, 2.24) is 0 Å². The van der Waals surface area contributed by atoms with Crippen LogP contribution in [0.2, 0.25) is 0 Å². The molecule has 3 rings (SSSR count). The number of nitrogens with two attached hydrogens (primary N) is 1. The molecule has 1 atom stereocenters. The van der Waals surface area contributed by atoms with Crippen LogP contribution in [0.5, 0.6) is 0 Å². The SMILES string of the molecule is N[C@@H](c1ccc(-c2ccc(NC(=O)C3CC3)cc2F)cc1)C(F)(F)F. The number of nitrogens with one attached hydrogen (secondary N) is 1. The first-order valence-electron chi connectivity index (χ1n) is 7.79. The quantitative estimate of drug-likeness (QED) is 0.801. The maximum atomic E-state index is 14.3.